The highest BCUT2D eigenvalue weighted by Gasteiger charge is 2.18. The number of hydrogen-bond acceptors (Lipinski definition) is 1. The Hall–Kier alpha value is -1.59. The molecule has 0 heterocycles. The third-order valence-electron chi connectivity index (χ3n) is 3.46. The molecule has 0 amide bonds. The van der Waals surface area contributed by atoms with Crippen LogP contribution in [0, 0.1) is 11.8 Å². The molecule has 1 rings (SSSR count). The van der Waals surface area contributed by atoms with Crippen LogP contribution in [-0.2, 0) is 11.2 Å². The number of unbranched alkanes of at least 4 members (excludes halogenated alkanes) is 2. The van der Waals surface area contributed by atoms with Gasteiger partial charge in [0.2, 0.25) is 5.78 Å². The molecule has 0 aliphatic heterocycles. The Morgan fingerprint density at radius 2 is 1.81 bits per heavy atom. The topological polar surface area (TPSA) is 17.1 Å². The summed E-state index contributed by atoms with van der Waals surface area (Å²) >= 11 is 0. The summed E-state index contributed by atoms with van der Waals surface area (Å²) in [6.45, 7) is 13.2. The first kappa shape index (κ1) is 17.5. The smallest absolute Gasteiger partial charge is 0.209 e. The Balaban J connectivity index is 2.64. The van der Waals surface area contributed by atoms with Crippen LogP contribution < -0.4 is 0 Å². The van der Waals surface area contributed by atoms with Gasteiger partial charge in [0.05, 0.1) is 8.07 Å². The minimum absolute atomic E-state index is 0.00266. The van der Waals surface area contributed by atoms with Gasteiger partial charge in [-0.25, -0.2) is 0 Å². The van der Waals surface area contributed by atoms with Crippen LogP contribution in [0.15, 0.2) is 30.8 Å². The Morgan fingerprint density at radius 1 is 1.19 bits per heavy atom. The second-order valence-electron chi connectivity index (χ2n) is 6.43. The van der Waals surface area contributed by atoms with Crippen LogP contribution in [0.25, 0.3) is 5.20 Å². The predicted octanol–water partition coefficient (Wildman–Crippen LogP) is 4.88. The first-order valence-corrected chi connectivity index (χ1v) is 11.1. The molecule has 0 saturated carbocycles. The quantitative estimate of drug-likeness (QED) is 0.316. The molecule has 112 valence electrons. The van der Waals surface area contributed by atoms with Crippen molar-refractivity contribution in [1.29, 1.82) is 0 Å². The van der Waals surface area contributed by atoms with E-state index in [1.165, 1.54) is 10.8 Å². The van der Waals surface area contributed by atoms with Crippen LogP contribution in [0.5, 0.6) is 0 Å². The van der Waals surface area contributed by atoms with E-state index >= 15 is 0 Å². The van der Waals surface area contributed by atoms with Gasteiger partial charge in [0.25, 0.3) is 0 Å². The van der Waals surface area contributed by atoms with Gasteiger partial charge in [-0.2, -0.15) is 0 Å². The van der Waals surface area contributed by atoms with Crippen molar-refractivity contribution in [1.82, 2.24) is 0 Å². The van der Waals surface area contributed by atoms with Crippen molar-refractivity contribution in [3.05, 3.63) is 42.0 Å². The molecular weight excluding hydrogens is 272 g/mol. The van der Waals surface area contributed by atoms with Crippen LogP contribution in [0.2, 0.25) is 19.6 Å². The summed E-state index contributed by atoms with van der Waals surface area (Å²) in [5, 5.41) is 1.25. The molecule has 0 radical (unpaired) electrons. The van der Waals surface area contributed by atoms with Gasteiger partial charge in [-0.05, 0) is 23.5 Å². The number of ketones is 1. The number of carbonyl (C=O) groups excluding carboxylic acids is 1. The molecule has 0 fully saturated rings. The summed E-state index contributed by atoms with van der Waals surface area (Å²) in [6.07, 6.45) is 3.40. The standard InChI is InChI=1S/C19H26OSi/c1-6-7-8-9-10-19(20)15-17-11-13-18(14-12-17)16(2)21(3,4)5/h11-14H,2,6-8,15H2,1,3-5H3. The van der Waals surface area contributed by atoms with Crippen LogP contribution in [0.1, 0.15) is 37.3 Å². The minimum Gasteiger partial charge on any atom is -0.285 e. The van der Waals surface area contributed by atoms with Gasteiger partial charge in [0.15, 0.2) is 0 Å². The second kappa shape index (κ2) is 8.00. The van der Waals surface area contributed by atoms with E-state index < -0.39 is 8.07 Å². The van der Waals surface area contributed by atoms with Crippen molar-refractivity contribution in [2.45, 2.75) is 52.2 Å². The number of rotatable bonds is 6. The van der Waals surface area contributed by atoms with E-state index in [2.05, 4.69) is 57.1 Å². The Morgan fingerprint density at radius 3 is 2.33 bits per heavy atom. The maximum Gasteiger partial charge on any atom is 0.209 e. The number of Topliss-reactive ketones (excluding diaryl/α,β-unsaturated/α-hetero) is 1. The molecule has 1 aromatic rings. The fraction of sp³-hybridized carbons (Fsp3) is 0.421. The summed E-state index contributed by atoms with van der Waals surface area (Å²) in [5.74, 6) is 5.68. The Bertz CT molecular complexity index is 550. The molecule has 0 aliphatic rings. The van der Waals surface area contributed by atoms with E-state index in [1.54, 1.807) is 0 Å². The summed E-state index contributed by atoms with van der Waals surface area (Å²) in [7, 11) is -1.36. The van der Waals surface area contributed by atoms with Crippen LogP contribution in [0.3, 0.4) is 0 Å². The summed E-state index contributed by atoms with van der Waals surface area (Å²) in [5.41, 5.74) is 2.22. The Labute approximate surface area is 130 Å². The number of benzene rings is 1. The van der Waals surface area contributed by atoms with Crippen LogP contribution in [-0.4, -0.2) is 13.9 Å². The zero-order valence-electron chi connectivity index (χ0n) is 13.8. The maximum absolute atomic E-state index is 11.8. The van der Waals surface area contributed by atoms with Crippen molar-refractivity contribution < 1.29 is 4.79 Å². The molecule has 0 aromatic heterocycles. The van der Waals surface area contributed by atoms with Gasteiger partial charge in [-0.15, -0.1) is 0 Å². The molecule has 1 nitrogen and oxygen atoms in total. The van der Waals surface area contributed by atoms with E-state index in [4.69, 9.17) is 0 Å². The van der Waals surface area contributed by atoms with Crippen LogP contribution in [0.4, 0.5) is 0 Å². The average molecular weight is 299 g/mol. The zero-order chi connectivity index (χ0) is 15.9. The minimum atomic E-state index is -1.36. The lowest BCUT2D eigenvalue weighted by atomic mass is 10.1. The molecule has 0 saturated heterocycles. The number of hydrogen-bond donors (Lipinski definition) is 0. The molecule has 21 heavy (non-hydrogen) atoms. The molecule has 2 heteroatoms. The first-order valence-electron chi connectivity index (χ1n) is 7.65. The van der Waals surface area contributed by atoms with Gasteiger partial charge < -0.3 is 0 Å². The summed E-state index contributed by atoms with van der Waals surface area (Å²) in [4.78, 5) is 11.8. The van der Waals surface area contributed by atoms with Crippen molar-refractivity contribution in [3.8, 4) is 11.8 Å². The maximum atomic E-state index is 11.8. The fourth-order valence-electron chi connectivity index (χ4n) is 1.91. The lowest BCUT2D eigenvalue weighted by Gasteiger charge is -2.19. The van der Waals surface area contributed by atoms with Gasteiger partial charge in [-0.1, -0.05) is 74.9 Å². The van der Waals surface area contributed by atoms with E-state index in [0.29, 0.717) is 6.42 Å². The zero-order valence-corrected chi connectivity index (χ0v) is 14.8. The van der Waals surface area contributed by atoms with E-state index in [-0.39, 0.29) is 5.78 Å². The fourth-order valence-corrected chi connectivity index (χ4v) is 2.95. The van der Waals surface area contributed by atoms with E-state index in [9.17, 15) is 4.79 Å². The summed E-state index contributed by atoms with van der Waals surface area (Å²) in [6, 6.07) is 8.19. The lowest BCUT2D eigenvalue weighted by Crippen LogP contribution is -2.21. The molecule has 0 spiro atoms. The van der Waals surface area contributed by atoms with E-state index in [1.807, 2.05) is 12.1 Å². The van der Waals surface area contributed by atoms with Gasteiger partial charge in [0, 0.05) is 12.8 Å². The lowest BCUT2D eigenvalue weighted by molar-refractivity contribution is -0.113. The Kier molecular flexibility index (Phi) is 6.65. The molecule has 0 bridgehead atoms. The molecule has 0 atom stereocenters. The third kappa shape index (κ3) is 6.14. The number of carbonyl (C=O) groups is 1. The normalized spacial score (nSPS) is 10.7. The molecular formula is C19H26OSi. The van der Waals surface area contributed by atoms with Gasteiger partial charge in [-0.3, -0.25) is 4.79 Å². The molecule has 0 aliphatic carbocycles. The van der Waals surface area contributed by atoms with Gasteiger partial charge in [0.1, 0.15) is 0 Å². The largest absolute Gasteiger partial charge is 0.285 e. The molecule has 1 aromatic carbocycles. The third-order valence-corrected chi connectivity index (χ3v) is 5.55. The predicted molar refractivity (Wildman–Crippen MR) is 94.8 cm³/mol. The SMILES string of the molecule is C=C(c1ccc(CC(=O)C#CCCCC)cc1)[Si](C)(C)C. The molecule has 0 unspecified atom stereocenters. The van der Waals surface area contributed by atoms with E-state index in [0.717, 1.165) is 24.8 Å². The highest BCUT2D eigenvalue weighted by Crippen LogP contribution is 2.24. The average Bonchev–Trinajstić information content (AvgIpc) is 2.43. The first-order chi connectivity index (χ1) is 9.84. The van der Waals surface area contributed by atoms with Crippen LogP contribution >= 0.6 is 0 Å². The highest BCUT2D eigenvalue weighted by molar-refractivity contribution is 6.93. The van der Waals surface area contributed by atoms with Crippen molar-refractivity contribution >= 4 is 19.1 Å². The van der Waals surface area contributed by atoms with Crippen molar-refractivity contribution in [2.75, 3.05) is 0 Å². The van der Waals surface area contributed by atoms with Crippen molar-refractivity contribution in [3.63, 3.8) is 0 Å². The monoisotopic (exact) mass is 298 g/mol. The second-order valence-corrected chi connectivity index (χ2v) is 11.5. The summed E-state index contributed by atoms with van der Waals surface area (Å²) < 4.78 is 0. The highest BCUT2D eigenvalue weighted by atomic mass is 28.3. The van der Waals surface area contributed by atoms with Crippen molar-refractivity contribution in [2.24, 2.45) is 0 Å². The van der Waals surface area contributed by atoms with Gasteiger partial charge >= 0.3 is 0 Å². The molecule has 0 N–H and O–H groups in total.